The highest BCUT2D eigenvalue weighted by Crippen LogP contribution is 2.44. The summed E-state index contributed by atoms with van der Waals surface area (Å²) < 4.78 is 21.6. The van der Waals surface area contributed by atoms with Gasteiger partial charge in [0.2, 0.25) is 0 Å². The number of nitrogens with zero attached hydrogens (tertiary/aromatic N) is 1. The molecular weight excluding hydrogens is 534 g/mol. The number of primary amides is 1. The van der Waals surface area contributed by atoms with Gasteiger partial charge in [-0.05, 0) is 61.1 Å². The van der Waals surface area contributed by atoms with E-state index in [0.717, 1.165) is 0 Å². The topological polar surface area (TPSA) is 131 Å². The van der Waals surface area contributed by atoms with Crippen molar-refractivity contribution >= 4 is 66.7 Å². The molecule has 3 rings (SSSR count). The van der Waals surface area contributed by atoms with Gasteiger partial charge in [0.15, 0.2) is 5.82 Å². The second-order valence-electron chi connectivity index (χ2n) is 7.60. The average molecular weight is 552 g/mol. The van der Waals surface area contributed by atoms with E-state index < -0.39 is 23.4 Å². The number of nitriles is 1. The van der Waals surface area contributed by atoms with Crippen molar-refractivity contribution < 1.29 is 18.7 Å². The van der Waals surface area contributed by atoms with Crippen molar-refractivity contribution in [1.82, 2.24) is 0 Å². The highest BCUT2D eigenvalue weighted by molar-refractivity contribution is 14.1. The lowest BCUT2D eigenvalue weighted by Crippen LogP contribution is -2.27. The summed E-state index contributed by atoms with van der Waals surface area (Å²) in [7, 11) is 0. The number of halogens is 2. The smallest absolute Gasteiger partial charge is 0.412 e. The highest BCUT2D eigenvalue weighted by Gasteiger charge is 2.25. The molecule has 0 saturated carbocycles. The third-order valence-corrected chi connectivity index (χ3v) is 6.15. The molecule has 0 unspecified atom stereocenters. The van der Waals surface area contributed by atoms with Crippen molar-refractivity contribution in [3.63, 3.8) is 0 Å². The second-order valence-corrected chi connectivity index (χ2v) is 9.81. The highest BCUT2D eigenvalue weighted by atomic mass is 127. The van der Waals surface area contributed by atoms with Crippen LogP contribution in [0.2, 0.25) is 0 Å². The number of anilines is 2. The average Bonchev–Trinajstić information content (AvgIpc) is 3.00. The van der Waals surface area contributed by atoms with Crippen molar-refractivity contribution in [2.45, 2.75) is 26.4 Å². The molecule has 0 atom stereocenters. The fraction of sp³-hybridized carbons (Fsp3) is 0.190. The molecule has 0 bridgehead atoms. The first-order valence-corrected chi connectivity index (χ1v) is 10.9. The van der Waals surface area contributed by atoms with Gasteiger partial charge in [-0.1, -0.05) is 12.1 Å². The quantitative estimate of drug-likeness (QED) is 0.303. The number of benzene rings is 2. The van der Waals surface area contributed by atoms with Crippen LogP contribution < -0.4 is 16.8 Å². The third kappa shape index (κ3) is 4.42. The molecule has 5 N–H and O–H groups in total. The number of nitrogens with two attached hydrogens (primary N) is 2. The molecule has 31 heavy (non-hydrogen) atoms. The van der Waals surface area contributed by atoms with Crippen molar-refractivity contribution in [2.24, 2.45) is 5.73 Å². The van der Waals surface area contributed by atoms with E-state index >= 15 is 4.39 Å². The van der Waals surface area contributed by atoms with E-state index in [1.54, 1.807) is 39.0 Å². The first kappa shape index (κ1) is 22.8. The van der Waals surface area contributed by atoms with Crippen molar-refractivity contribution in [1.29, 1.82) is 5.26 Å². The maximum atomic E-state index is 15.2. The summed E-state index contributed by atoms with van der Waals surface area (Å²) in [4.78, 5) is 23.8. The number of ether oxygens (including phenoxy) is 1. The van der Waals surface area contributed by atoms with E-state index in [9.17, 15) is 14.9 Å². The summed E-state index contributed by atoms with van der Waals surface area (Å²) in [5, 5.41) is 13.2. The molecule has 0 aliphatic heterocycles. The molecule has 0 spiro atoms. The number of carbonyl (C=O) groups excluding carboxylic acids is 2. The summed E-state index contributed by atoms with van der Waals surface area (Å²) in [5.41, 5.74) is 10.7. The van der Waals surface area contributed by atoms with Gasteiger partial charge in [-0.15, -0.1) is 11.3 Å². The Kier molecular flexibility index (Phi) is 6.11. The number of thiophene rings is 1. The van der Waals surface area contributed by atoms with Crippen LogP contribution in [-0.4, -0.2) is 17.6 Å². The van der Waals surface area contributed by atoms with E-state index in [0.29, 0.717) is 19.2 Å². The Morgan fingerprint density at radius 1 is 1.32 bits per heavy atom. The molecule has 0 aliphatic rings. The zero-order valence-electron chi connectivity index (χ0n) is 16.8. The summed E-state index contributed by atoms with van der Waals surface area (Å²) in [6.45, 7) is 5.18. The van der Waals surface area contributed by atoms with Crippen LogP contribution in [0.25, 0.3) is 21.2 Å². The van der Waals surface area contributed by atoms with Gasteiger partial charge in [0.25, 0.3) is 5.91 Å². The Bertz CT molecular complexity index is 1270. The Balaban J connectivity index is 2.22. The van der Waals surface area contributed by atoms with Crippen LogP contribution in [0, 0.1) is 20.7 Å². The normalized spacial score (nSPS) is 11.2. The molecule has 0 aliphatic carbocycles. The minimum atomic E-state index is -0.837. The number of rotatable bonds is 3. The predicted octanol–water partition coefficient (Wildman–Crippen LogP) is 5.21. The van der Waals surface area contributed by atoms with Crippen LogP contribution in [0.3, 0.4) is 0 Å². The lowest BCUT2D eigenvalue weighted by Gasteiger charge is -2.19. The van der Waals surface area contributed by atoms with Crippen molar-refractivity contribution in [2.75, 3.05) is 11.1 Å². The predicted molar refractivity (Wildman–Crippen MR) is 127 cm³/mol. The first-order valence-electron chi connectivity index (χ1n) is 8.98. The van der Waals surface area contributed by atoms with E-state index in [4.69, 9.17) is 16.2 Å². The minimum Gasteiger partial charge on any atom is -0.444 e. The molecule has 160 valence electrons. The molecule has 1 aromatic heterocycles. The van der Waals surface area contributed by atoms with Gasteiger partial charge in [-0.3, -0.25) is 10.1 Å². The van der Waals surface area contributed by atoms with E-state index in [1.807, 2.05) is 22.6 Å². The maximum Gasteiger partial charge on any atom is 0.412 e. The maximum absolute atomic E-state index is 15.2. The number of fused-ring (bicyclic) bond motifs is 1. The van der Waals surface area contributed by atoms with Crippen LogP contribution >= 0.6 is 33.9 Å². The molecule has 1 heterocycles. The van der Waals surface area contributed by atoms with E-state index in [2.05, 4.69) is 11.4 Å². The fourth-order valence-electron chi connectivity index (χ4n) is 3.03. The van der Waals surface area contributed by atoms with Gasteiger partial charge in [0.05, 0.1) is 16.8 Å². The standard InChI is InChI=1S/C21H18FIN4O3S/c1-21(2,3)30-20(29)27-19-11(8-24)14-9(5-4-6-13(14)31-19)15-12(23)7-10(18(26)28)17(25)16(15)22/h4-7H,25H2,1-3H3,(H2,26,28)(H,27,29). The van der Waals surface area contributed by atoms with Crippen LogP contribution in [0.1, 0.15) is 36.7 Å². The number of hydrogen-bond acceptors (Lipinski definition) is 6. The number of carbonyl (C=O) groups is 2. The SMILES string of the molecule is CC(C)(C)OC(=O)Nc1sc2cccc(-c3c(I)cc(C(N)=O)c(N)c3F)c2c1C#N. The zero-order chi connectivity index (χ0) is 23.1. The molecule has 2 aromatic carbocycles. The summed E-state index contributed by atoms with van der Waals surface area (Å²) in [6.07, 6.45) is -0.701. The van der Waals surface area contributed by atoms with Gasteiger partial charge in [-0.2, -0.15) is 5.26 Å². The Morgan fingerprint density at radius 3 is 2.58 bits per heavy atom. The number of nitrogens with one attached hydrogen (secondary N) is 1. The van der Waals surface area contributed by atoms with E-state index in [-0.39, 0.29) is 27.4 Å². The van der Waals surface area contributed by atoms with Crippen LogP contribution in [0.4, 0.5) is 19.9 Å². The first-order chi connectivity index (χ1) is 14.4. The fourth-order valence-corrected chi connectivity index (χ4v) is 4.94. The number of amides is 2. The Hall–Kier alpha value is -2.91. The molecule has 0 radical (unpaired) electrons. The molecule has 2 amide bonds. The monoisotopic (exact) mass is 552 g/mol. The van der Waals surface area contributed by atoms with Gasteiger partial charge in [0, 0.05) is 19.2 Å². The van der Waals surface area contributed by atoms with Crippen LogP contribution in [0.5, 0.6) is 0 Å². The molecule has 3 aromatic rings. The zero-order valence-corrected chi connectivity index (χ0v) is 19.8. The third-order valence-electron chi connectivity index (χ3n) is 4.23. The van der Waals surface area contributed by atoms with Crippen molar-refractivity contribution in [3.8, 4) is 17.2 Å². The summed E-state index contributed by atoms with van der Waals surface area (Å²) in [5.74, 6) is -1.64. The van der Waals surface area contributed by atoms with Crippen molar-refractivity contribution in [3.05, 3.63) is 44.8 Å². The molecule has 7 nitrogen and oxygen atoms in total. The number of hydrogen-bond donors (Lipinski definition) is 3. The van der Waals surface area contributed by atoms with E-state index in [1.165, 1.54) is 17.4 Å². The lowest BCUT2D eigenvalue weighted by atomic mass is 9.96. The largest absolute Gasteiger partial charge is 0.444 e. The summed E-state index contributed by atoms with van der Waals surface area (Å²) in [6, 6.07) is 8.62. The Morgan fingerprint density at radius 2 is 2.00 bits per heavy atom. The lowest BCUT2D eigenvalue weighted by molar-refractivity contribution is 0.0636. The van der Waals surface area contributed by atoms with Gasteiger partial charge < -0.3 is 16.2 Å². The number of nitrogen functional groups attached to an aromatic ring is 1. The minimum absolute atomic E-state index is 0.115. The second kappa shape index (κ2) is 8.32. The van der Waals surface area contributed by atoms with Gasteiger partial charge >= 0.3 is 6.09 Å². The molecular formula is C21H18FIN4O3S. The summed E-state index contributed by atoms with van der Waals surface area (Å²) >= 11 is 3.06. The molecule has 10 heteroatoms. The van der Waals surface area contributed by atoms with Gasteiger partial charge in [0.1, 0.15) is 16.7 Å². The molecule has 0 saturated heterocycles. The Labute approximate surface area is 195 Å². The van der Waals surface area contributed by atoms with Gasteiger partial charge in [-0.25, -0.2) is 9.18 Å². The van der Waals surface area contributed by atoms with Crippen LogP contribution in [-0.2, 0) is 4.74 Å². The molecule has 0 fully saturated rings. The van der Waals surface area contributed by atoms with Crippen LogP contribution in [0.15, 0.2) is 24.3 Å².